The Kier molecular flexibility index (Phi) is 3.85. The number of carbonyl (C=O) groups excluding carboxylic acids is 1. The molecule has 4 nitrogen and oxygen atoms in total. The molecule has 0 N–H and O–H groups in total. The summed E-state index contributed by atoms with van der Waals surface area (Å²) >= 11 is 5.69. The predicted octanol–water partition coefficient (Wildman–Crippen LogP) is 2.67. The number of hydrogen-bond acceptors (Lipinski definition) is 3. The van der Waals surface area contributed by atoms with Crippen molar-refractivity contribution in [2.24, 2.45) is 5.41 Å². The number of hydrogen-bond donors (Lipinski definition) is 0. The van der Waals surface area contributed by atoms with Crippen LogP contribution in [0.5, 0.6) is 0 Å². The molecule has 0 radical (unpaired) electrons. The molecule has 1 aromatic heterocycles. The number of likely N-dealkylation sites (tertiary alicyclic amines) is 1. The van der Waals surface area contributed by atoms with Crippen molar-refractivity contribution in [1.29, 1.82) is 0 Å². The lowest BCUT2D eigenvalue weighted by atomic mass is 9.85. The number of amides is 1. The first kappa shape index (κ1) is 13.3. The van der Waals surface area contributed by atoms with Crippen molar-refractivity contribution in [3.63, 3.8) is 0 Å². The summed E-state index contributed by atoms with van der Waals surface area (Å²) in [6.45, 7) is 5.74. The maximum Gasteiger partial charge on any atom is 0.222 e. The summed E-state index contributed by atoms with van der Waals surface area (Å²) in [5, 5.41) is 0.377. The minimum atomic E-state index is 0.206. The first-order valence-corrected chi connectivity index (χ1v) is 6.58. The van der Waals surface area contributed by atoms with Gasteiger partial charge in [-0.05, 0) is 18.3 Å². The monoisotopic (exact) mass is 267 g/mol. The third kappa shape index (κ3) is 3.42. The molecule has 18 heavy (non-hydrogen) atoms. The summed E-state index contributed by atoms with van der Waals surface area (Å²) in [7, 11) is 0. The number of nitrogens with zero attached hydrogens (tertiary/aromatic N) is 3. The molecule has 0 spiro atoms. The van der Waals surface area contributed by atoms with E-state index in [2.05, 4.69) is 23.8 Å². The molecule has 98 valence electrons. The van der Waals surface area contributed by atoms with Crippen molar-refractivity contribution < 1.29 is 4.79 Å². The fourth-order valence-corrected chi connectivity index (χ4v) is 2.17. The van der Waals surface area contributed by atoms with Gasteiger partial charge in [0.25, 0.3) is 0 Å². The third-order valence-corrected chi connectivity index (χ3v) is 3.65. The molecule has 0 bridgehead atoms. The van der Waals surface area contributed by atoms with Crippen LogP contribution in [0.2, 0.25) is 5.15 Å². The fourth-order valence-electron chi connectivity index (χ4n) is 2.07. The molecule has 1 saturated heterocycles. The minimum Gasteiger partial charge on any atom is -0.337 e. The molecule has 0 atom stereocenters. The number of halogens is 1. The molecular formula is C13H18ClN3O. The molecule has 1 amide bonds. The second-order valence-corrected chi connectivity index (χ2v) is 5.95. The number of rotatable bonds is 2. The highest BCUT2D eigenvalue weighted by atomic mass is 35.5. The van der Waals surface area contributed by atoms with E-state index < -0.39 is 0 Å². The Bertz CT molecular complexity index is 430. The molecule has 0 saturated carbocycles. The normalized spacial score (nSPS) is 19.7. The van der Waals surface area contributed by atoms with Crippen molar-refractivity contribution in [3.8, 4) is 0 Å². The van der Waals surface area contributed by atoms with Crippen LogP contribution in [0.1, 0.15) is 38.8 Å². The van der Waals surface area contributed by atoms with Gasteiger partial charge in [-0.3, -0.25) is 9.78 Å². The van der Waals surface area contributed by atoms with Gasteiger partial charge in [-0.1, -0.05) is 25.4 Å². The zero-order valence-electron chi connectivity index (χ0n) is 10.8. The Balaban J connectivity index is 2.04. The van der Waals surface area contributed by atoms with E-state index in [-0.39, 0.29) is 11.3 Å². The largest absolute Gasteiger partial charge is 0.337 e. The van der Waals surface area contributed by atoms with Crippen LogP contribution in [0.4, 0.5) is 0 Å². The third-order valence-electron chi connectivity index (χ3n) is 3.45. The fraction of sp³-hybridized carbons (Fsp3) is 0.615. The topological polar surface area (TPSA) is 46.1 Å². The van der Waals surface area contributed by atoms with Crippen LogP contribution in [0.15, 0.2) is 12.4 Å². The summed E-state index contributed by atoms with van der Waals surface area (Å²) in [6.07, 6.45) is 5.75. The van der Waals surface area contributed by atoms with Gasteiger partial charge in [0.05, 0.1) is 24.6 Å². The molecular weight excluding hydrogens is 250 g/mol. The van der Waals surface area contributed by atoms with Crippen LogP contribution in [0.3, 0.4) is 0 Å². The Hall–Kier alpha value is -1.16. The maximum atomic E-state index is 12.0. The molecule has 1 aromatic rings. The number of carbonyl (C=O) groups is 1. The zero-order valence-corrected chi connectivity index (χ0v) is 11.6. The quantitative estimate of drug-likeness (QED) is 0.828. The van der Waals surface area contributed by atoms with Gasteiger partial charge in [-0.25, -0.2) is 4.98 Å². The average molecular weight is 268 g/mol. The molecule has 1 aliphatic heterocycles. The molecule has 2 rings (SSSR count). The Morgan fingerprint density at radius 3 is 2.78 bits per heavy atom. The van der Waals surface area contributed by atoms with Crippen LogP contribution in [0, 0.1) is 5.41 Å². The number of aromatic nitrogens is 2. The smallest absolute Gasteiger partial charge is 0.222 e. The van der Waals surface area contributed by atoms with Crippen molar-refractivity contribution in [3.05, 3.63) is 23.2 Å². The highest BCUT2D eigenvalue weighted by Gasteiger charge is 2.27. The summed E-state index contributed by atoms with van der Waals surface area (Å²) < 4.78 is 0. The second kappa shape index (κ2) is 5.22. The zero-order chi connectivity index (χ0) is 13.2. The molecule has 1 aliphatic rings. The van der Waals surface area contributed by atoms with Crippen LogP contribution < -0.4 is 0 Å². The second-order valence-electron chi connectivity index (χ2n) is 5.56. The lowest BCUT2D eigenvalue weighted by Gasteiger charge is -2.23. The van der Waals surface area contributed by atoms with Gasteiger partial charge >= 0.3 is 0 Å². The van der Waals surface area contributed by atoms with Gasteiger partial charge in [0, 0.05) is 13.0 Å². The first-order chi connectivity index (χ1) is 8.46. The highest BCUT2D eigenvalue weighted by molar-refractivity contribution is 6.29. The van der Waals surface area contributed by atoms with Crippen molar-refractivity contribution in [2.75, 3.05) is 6.54 Å². The van der Waals surface area contributed by atoms with E-state index in [4.69, 9.17) is 11.6 Å². The molecule has 0 aliphatic carbocycles. The summed E-state index contributed by atoms with van der Waals surface area (Å²) in [5.41, 5.74) is 1.03. The van der Waals surface area contributed by atoms with Crippen LogP contribution in [-0.2, 0) is 11.3 Å². The van der Waals surface area contributed by atoms with E-state index in [0.717, 1.165) is 25.1 Å². The van der Waals surface area contributed by atoms with Gasteiger partial charge in [0.1, 0.15) is 5.15 Å². The highest BCUT2D eigenvalue weighted by Crippen LogP contribution is 2.30. The van der Waals surface area contributed by atoms with Crippen LogP contribution >= 0.6 is 11.6 Å². The van der Waals surface area contributed by atoms with Crippen molar-refractivity contribution >= 4 is 17.5 Å². The lowest BCUT2D eigenvalue weighted by Crippen LogP contribution is -2.30. The first-order valence-electron chi connectivity index (χ1n) is 6.20. The van der Waals surface area contributed by atoms with E-state index in [1.54, 1.807) is 6.20 Å². The van der Waals surface area contributed by atoms with E-state index >= 15 is 0 Å². The lowest BCUT2D eigenvalue weighted by molar-refractivity contribution is -0.131. The Morgan fingerprint density at radius 2 is 2.11 bits per heavy atom. The van der Waals surface area contributed by atoms with Gasteiger partial charge in [0.2, 0.25) is 5.91 Å². The molecule has 1 fully saturated rings. The SMILES string of the molecule is CC1(C)CCC(=O)N(Cc2cnc(Cl)cn2)CC1. The predicted molar refractivity (Wildman–Crippen MR) is 70.1 cm³/mol. The summed E-state index contributed by atoms with van der Waals surface area (Å²) in [5.74, 6) is 0.206. The van der Waals surface area contributed by atoms with Gasteiger partial charge < -0.3 is 4.90 Å². The molecule has 0 unspecified atom stereocenters. The molecule has 5 heteroatoms. The van der Waals surface area contributed by atoms with Gasteiger partial charge in [-0.15, -0.1) is 0 Å². The van der Waals surface area contributed by atoms with E-state index in [1.165, 1.54) is 6.20 Å². The molecule has 2 heterocycles. The van der Waals surface area contributed by atoms with Crippen LogP contribution in [-0.4, -0.2) is 27.3 Å². The Morgan fingerprint density at radius 1 is 1.33 bits per heavy atom. The Labute approximate surface area is 112 Å². The van der Waals surface area contributed by atoms with Gasteiger partial charge in [-0.2, -0.15) is 0 Å². The summed E-state index contributed by atoms with van der Waals surface area (Å²) in [4.78, 5) is 22.1. The molecule has 0 aromatic carbocycles. The van der Waals surface area contributed by atoms with E-state index in [0.29, 0.717) is 18.1 Å². The van der Waals surface area contributed by atoms with E-state index in [1.807, 2.05) is 4.90 Å². The average Bonchev–Trinajstić information content (AvgIpc) is 2.45. The van der Waals surface area contributed by atoms with Crippen molar-refractivity contribution in [2.45, 2.75) is 39.7 Å². The maximum absolute atomic E-state index is 12.0. The minimum absolute atomic E-state index is 0.206. The van der Waals surface area contributed by atoms with Crippen molar-refractivity contribution in [1.82, 2.24) is 14.9 Å². The summed E-state index contributed by atoms with van der Waals surface area (Å²) in [6, 6.07) is 0. The van der Waals surface area contributed by atoms with Gasteiger partial charge in [0.15, 0.2) is 0 Å². The standard InChI is InChI=1S/C13H18ClN3O/c1-13(2)4-3-12(18)17(6-5-13)9-10-7-16-11(14)8-15-10/h7-8H,3-6,9H2,1-2H3. The van der Waals surface area contributed by atoms with Crippen LogP contribution in [0.25, 0.3) is 0 Å². The van der Waals surface area contributed by atoms with E-state index in [9.17, 15) is 4.79 Å².